The van der Waals surface area contributed by atoms with E-state index in [1.807, 2.05) is 0 Å². The van der Waals surface area contributed by atoms with Gasteiger partial charge in [-0.25, -0.2) is 0 Å². The quantitative estimate of drug-likeness (QED) is 0.223. The van der Waals surface area contributed by atoms with Crippen LogP contribution in [-0.4, -0.2) is 18.5 Å². The summed E-state index contributed by atoms with van der Waals surface area (Å²) in [5, 5.41) is 4.16. The topological polar surface area (TPSA) is 64.6 Å². The molecule has 5 nitrogen and oxygen atoms in total. The number of esters is 1. The number of amides is 1. The summed E-state index contributed by atoms with van der Waals surface area (Å²) in [6.07, 6.45) is 0.700. The lowest BCUT2D eigenvalue weighted by atomic mass is 10.2. The number of benzene rings is 3. The normalized spacial score (nSPS) is 10.4. The van der Waals surface area contributed by atoms with Gasteiger partial charge in [-0.05, 0) is 73.2 Å². The van der Waals surface area contributed by atoms with Crippen LogP contribution in [0.15, 0.2) is 66.7 Å². The minimum absolute atomic E-state index is 0.198. The Morgan fingerprint density at radius 3 is 2.16 bits per heavy atom. The molecule has 0 fully saturated rings. The molecule has 0 aliphatic heterocycles. The number of hydrogen-bond donors (Lipinski definition) is 1. The molecule has 0 aliphatic rings. The molecule has 1 amide bonds. The Morgan fingerprint density at radius 2 is 1.45 bits per heavy atom. The Hall–Kier alpha value is -2.73. The highest BCUT2D eigenvalue weighted by molar-refractivity contribution is 6.35. The minimum Gasteiger partial charge on any atom is -0.494 e. The molecule has 0 spiro atoms. The second-order valence-corrected chi connectivity index (χ2v) is 7.76. The van der Waals surface area contributed by atoms with E-state index in [1.165, 1.54) is 0 Å². The van der Waals surface area contributed by atoms with E-state index < -0.39 is 0 Å². The summed E-state index contributed by atoms with van der Waals surface area (Å²) in [4.78, 5) is 24.4. The molecule has 0 unspecified atom stereocenters. The van der Waals surface area contributed by atoms with Gasteiger partial charge in [0, 0.05) is 22.0 Å². The van der Waals surface area contributed by atoms with Crippen molar-refractivity contribution >= 4 is 52.4 Å². The first-order valence-electron chi connectivity index (χ1n) is 9.36. The van der Waals surface area contributed by atoms with Crippen LogP contribution in [0.3, 0.4) is 0 Å². The minimum atomic E-state index is -0.386. The molecule has 3 aromatic rings. The van der Waals surface area contributed by atoms with E-state index >= 15 is 0 Å². The molecule has 0 heterocycles. The SMILES string of the molecule is O=C(CCCOc1ccc(Cl)cc1)Oc1ccc(C(=O)Nc2cc(Cl)ccc2Cl)cc1. The van der Waals surface area contributed by atoms with E-state index in [9.17, 15) is 9.59 Å². The van der Waals surface area contributed by atoms with Gasteiger partial charge < -0.3 is 14.8 Å². The number of halogens is 3. The van der Waals surface area contributed by atoms with Crippen LogP contribution in [0, 0.1) is 0 Å². The lowest BCUT2D eigenvalue weighted by Crippen LogP contribution is -2.13. The van der Waals surface area contributed by atoms with Gasteiger partial charge in [0.1, 0.15) is 11.5 Å². The van der Waals surface area contributed by atoms with Gasteiger partial charge in [0.2, 0.25) is 0 Å². The van der Waals surface area contributed by atoms with Crippen LogP contribution in [0.5, 0.6) is 11.5 Å². The van der Waals surface area contributed by atoms with Crippen LogP contribution >= 0.6 is 34.8 Å². The van der Waals surface area contributed by atoms with Gasteiger partial charge in [0.25, 0.3) is 5.91 Å². The van der Waals surface area contributed by atoms with Gasteiger partial charge >= 0.3 is 5.97 Å². The molecule has 31 heavy (non-hydrogen) atoms. The number of carbonyl (C=O) groups is 2. The number of hydrogen-bond acceptors (Lipinski definition) is 4. The Balaban J connectivity index is 1.45. The lowest BCUT2D eigenvalue weighted by molar-refractivity contribution is -0.134. The number of ether oxygens (including phenoxy) is 2. The van der Waals surface area contributed by atoms with Gasteiger partial charge in [-0.1, -0.05) is 34.8 Å². The number of nitrogens with one attached hydrogen (secondary N) is 1. The third-order valence-corrected chi connectivity index (χ3v) is 4.95. The molecule has 3 aromatic carbocycles. The van der Waals surface area contributed by atoms with Crippen molar-refractivity contribution in [1.29, 1.82) is 0 Å². The zero-order valence-corrected chi connectivity index (χ0v) is 18.5. The fraction of sp³-hybridized carbons (Fsp3) is 0.130. The summed E-state index contributed by atoms with van der Waals surface area (Å²) < 4.78 is 10.8. The predicted molar refractivity (Wildman–Crippen MR) is 123 cm³/mol. The fourth-order valence-corrected chi connectivity index (χ4v) is 3.04. The molecular formula is C23H18Cl3NO4. The molecule has 8 heteroatoms. The molecule has 0 saturated heterocycles. The van der Waals surface area contributed by atoms with Crippen LogP contribution in [0.25, 0.3) is 0 Å². The predicted octanol–water partition coefficient (Wildman–Crippen LogP) is 6.66. The summed E-state index contributed by atoms with van der Waals surface area (Å²) in [5.74, 6) is 0.288. The molecule has 160 valence electrons. The lowest BCUT2D eigenvalue weighted by Gasteiger charge is -2.09. The van der Waals surface area contributed by atoms with Crippen LogP contribution in [-0.2, 0) is 4.79 Å². The molecule has 3 rings (SSSR count). The fourth-order valence-electron chi connectivity index (χ4n) is 2.58. The summed E-state index contributed by atoms with van der Waals surface area (Å²) in [5.41, 5.74) is 0.794. The summed E-state index contributed by atoms with van der Waals surface area (Å²) in [6, 6.07) is 18.0. The number of rotatable bonds is 8. The molecule has 0 radical (unpaired) electrons. The first-order valence-corrected chi connectivity index (χ1v) is 10.5. The summed E-state index contributed by atoms with van der Waals surface area (Å²) in [7, 11) is 0. The van der Waals surface area contributed by atoms with E-state index in [0.29, 0.717) is 50.8 Å². The van der Waals surface area contributed by atoms with Gasteiger partial charge in [0.15, 0.2) is 0 Å². The van der Waals surface area contributed by atoms with Gasteiger partial charge in [-0.2, -0.15) is 0 Å². The van der Waals surface area contributed by atoms with Crippen molar-refractivity contribution in [2.45, 2.75) is 12.8 Å². The zero-order chi connectivity index (χ0) is 22.2. The van der Waals surface area contributed by atoms with Crippen molar-refractivity contribution in [3.8, 4) is 11.5 Å². The van der Waals surface area contributed by atoms with Crippen molar-refractivity contribution < 1.29 is 19.1 Å². The van der Waals surface area contributed by atoms with Crippen molar-refractivity contribution in [2.24, 2.45) is 0 Å². The largest absolute Gasteiger partial charge is 0.494 e. The highest BCUT2D eigenvalue weighted by Gasteiger charge is 2.11. The first-order chi connectivity index (χ1) is 14.9. The highest BCUT2D eigenvalue weighted by Crippen LogP contribution is 2.26. The van der Waals surface area contributed by atoms with Gasteiger partial charge in [-0.3, -0.25) is 9.59 Å². The summed E-state index contributed by atoms with van der Waals surface area (Å²) >= 11 is 17.8. The maximum Gasteiger partial charge on any atom is 0.311 e. The van der Waals surface area contributed by atoms with Gasteiger partial charge in [-0.15, -0.1) is 0 Å². The van der Waals surface area contributed by atoms with E-state index in [4.69, 9.17) is 44.3 Å². The summed E-state index contributed by atoms with van der Waals surface area (Å²) in [6.45, 7) is 0.377. The van der Waals surface area contributed by atoms with E-state index in [-0.39, 0.29) is 18.3 Å². The van der Waals surface area contributed by atoms with Crippen LogP contribution < -0.4 is 14.8 Å². The molecule has 0 bridgehead atoms. The average Bonchev–Trinajstić information content (AvgIpc) is 2.75. The standard InChI is InChI=1S/C23H18Cl3NO4/c24-16-5-10-18(11-6-16)30-13-1-2-22(28)31-19-8-3-15(4-9-19)23(29)27-21-14-17(25)7-12-20(21)26/h3-12,14H,1-2,13H2,(H,27,29). The molecule has 0 aliphatic carbocycles. The maximum absolute atomic E-state index is 12.4. The van der Waals surface area contributed by atoms with Crippen molar-refractivity contribution in [3.63, 3.8) is 0 Å². The smallest absolute Gasteiger partial charge is 0.311 e. The Kier molecular flexibility index (Phi) is 8.18. The zero-order valence-electron chi connectivity index (χ0n) is 16.2. The van der Waals surface area contributed by atoms with Crippen molar-refractivity contribution in [3.05, 3.63) is 87.4 Å². The Labute approximate surface area is 194 Å². The van der Waals surface area contributed by atoms with Gasteiger partial charge in [0.05, 0.1) is 17.3 Å². The highest BCUT2D eigenvalue weighted by atomic mass is 35.5. The van der Waals surface area contributed by atoms with Crippen LogP contribution in [0.4, 0.5) is 5.69 Å². The average molecular weight is 479 g/mol. The van der Waals surface area contributed by atoms with Crippen molar-refractivity contribution in [2.75, 3.05) is 11.9 Å². The monoisotopic (exact) mass is 477 g/mol. The second-order valence-electron chi connectivity index (χ2n) is 6.48. The number of carbonyl (C=O) groups excluding carboxylic acids is 2. The van der Waals surface area contributed by atoms with Crippen LogP contribution in [0.1, 0.15) is 23.2 Å². The molecule has 1 N–H and O–H groups in total. The van der Waals surface area contributed by atoms with Crippen LogP contribution in [0.2, 0.25) is 15.1 Å². The Morgan fingerprint density at radius 1 is 0.806 bits per heavy atom. The molecule has 0 aromatic heterocycles. The Bertz CT molecular complexity index is 1050. The van der Waals surface area contributed by atoms with E-state index in [2.05, 4.69) is 5.32 Å². The van der Waals surface area contributed by atoms with Crippen molar-refractivity contribution in [1.82, 2.24) is 0 Å². The maximum atomic E-state index is 12.4. The molecule has 0 atom stereocenters. The third-order valence-electron chi connectivity index (χ3n) is 4.13. The first kappa shape index (κ1) is 22.9. The molecular weight excluding hydrogens is 461 g/mol. The molecule has 0 saturated carbocycles. The van der Waals surface area contributed by atoms with E-state index in [1.54, 1.807) is 66.7 Å². The third kappa shape index (κ3) is 7.17. The van der Waals surface area contributed by atoms with E-state index in [0.717, 1.165) is 0 Å². The second kappa shape index (κ2) is 11.0. The number of anilines is 1.